The van der Waals surface area contributed by atoms with Crippen LogP contribution < -0.4 is 10.3 Å². The van der Waals surface area contributed by atoms with Gasteiger partial charge in [0.15, 0.2) is 5.75 Å². The topological polar surface area (TPSA) is 65.9 Å². The number of aromatic nitrogens is 1. The van der Waals surface area contributed by atoms with E-state index in [9.17, 15) is 13.6 Å². The smallest absolute Gasteiger partial charge is 0.290 e. The van der Waals surface area contributed by atoms with Crippen molar-refractivity contribution in [2.75, 3.05) is 7.11 Å². The highest BCUT2D eigenvalue weighted by molar-refractivity contribution is 5.32. The van der Waals surface area contributed by atoms with Gasteiger partial charge >= 0.3 is 0 Å². The van der Waals surface area contributed by atoms with Gasteiger partial charge in [0.25, 0.3) is 12.0 Å². The molecule has 1 N–H and O–H groups in total. The lowest BCUT2D eigenvalue weighted by Gasteiger charge is -2.07. The zero-order valence-corrected chi connectivity index (χ0v) is 7.88. The molecule has 80 valence electrons. The van der Waals surface area contributed by atoms with Crippen molar-refractivity contribution < 1.29 is 13.5 Å². The highest BCUT2D eigenvalue weighted by atomic mass is 19.3. The molecule has 1 aromatic rings. The van der Waals surface area contributed by atoms with Gasteiger partial charge in [-0.1, -0.05) is 0 Å². The predicted octanol–water partition coefficient (Wildman–Crippen LogP) is 1.39. The van der Waals surface area contributed by atoms with E-state index in [1.54, 1.807) is 6.07 Å². The first-order chi connectivity index (χ1) is 7.10. The van der Waals surface area contributed by atoms with Gasteiger partial charge < -0.3 is 9.72 Å². The maximum atomic E-state index is 12.4. The summed E-state index contributed by atoms with van der Waals surface area (Å²) in [6, 6.07) is 2.90. The van der Waals surface area contributed by atoms with Crippen molar-refractivity contribution in [2.24, 2.45) is 0 Å². The van der Waals surface area contributed by atoms with E-state index in [1.165, 1.54) is 7.11 Å². The van der Waals surface area contributed by atoms with Crippen molar-refractivity contribution in [3.63, 3.8) is 0 Å². The summed E-state index contributed by atoms with van der Waals surface area (Å²) < 4.78 is 29.6. The maximum absolute atomic E-state index is 12.4. The number of nitrogens with one attached hydrogen (secondary N) is 1. The minimum absolute atomic E-state index is 0.0731. The van der Waals surface area contributed by atoms with E-state index in [1.807, 2.05) is 4.98 Å². The van der Waals surface area contributed by atoms with Crippen molar-refractivity contribution in [1.82, 2.24) is 4.98 Å². The Morgan fingerprint density at radius 3 is 2.80 bits per heavy atom. The first-order valence-corrected chi connectivity index (χ1v) is 4.05. The number of H-pyrrole nitrogens is 1. The van der Waals surface area contributed by atoms with E-state index >= 15 is 0 Å². The molecule has 0 atom stereocenters. The number of ether oxygens (including phenoxy) is 1. The third-order valence-corrected chi connectivity index (χ3v) is 1.83. The van der Waals surface area contributed by atoms with Gasteiger partial charge in [-0.05, 0) is 11.6 Å². The van der Waals surface area contributed by atoms with Gasteiger partial charge in [0.05, 0.1) is 25.3 Å². The van der Waals surface area contributed by atoms with Crippen LogP contribution in [0.25, 0.3) is 0 Å². The number of alkyl halides is 2. The Hall–Kier alpha value is -1.90. The molecule has 0 bridgehead atoms. The Morgan fingerprint density at radius 2 is 2.33 bits per heavy atom. The van der Waals surface area contributed by atoms with Gasteiger partial charge in [0.1, 0.15) is 0 Å². The van der Waals surface area contributed by atoms with Crippen LogP contribution in [-0.2, 0) is 6.42 Å². The van der Waals surface area contributed by atoms with Gasteiger partial charge in [0, 0.05) is 0 Å². The SMILES string of the molecule is COc1cc(CC#N)c(C(F)F)[nH]c1=O. The fraction of sp³-hybridized carbons (Fsp3) is 0.333. The molecule has 0 aliphatic carbocycles. The molecule has 15 heavy (non-hydrogen) atoms. The van der Waals surface area contributed by atoms with E-state index < -0.39 is 17.7 Å². The number of hydrogen-bond donors (Lipinski definition) is 1. The summed E-state index contributed by atoms with van der Waals surface area (Å²) in [4.78, 5) is 13.1. The number of nitrogens with zero attached hydrogens (tertiary/aromatic N) is 1. The molecule has 0 saturated carbocycles. The van der Waals surface area contributed by atoms with Crippen LogP contribution in [0.15, 0.2) is 10.9 Å². The first-order valence-electron chi connectivity index (χ1n) is 4.05. The summed E-state index contributed by atoms with van der Waals surface area (Å²) >= 11 is 0. The minimum atomic E-state index is -2.81. The first kappa shape index (κ1) is 11.2. The van der Waals surface area contributed by atoms with Crippen LogP contribution >= 0.6 is 0 Å². The van der Waals surface area contributed by atoms with Crippen molar-refractivity contribution in [3.8, 4) is 11.8 Å². The molecule has 1 aromatic heterocycles. The summed E-state index contributed by atoms with van der Waals surface area (Å²) in [5.41, 5.74) is -1.18. The van der Waals surface area contributed by atoms with Crippen molar-refractivity contribution >= 4 is 0 Å². The quantitative estimate of drug-likeness (QED) is 0.826. The Balaban J connectivity index is 3.33. The number of halogens is 2. The number of nitriles is 1. The van der Waals surface area contributed by atoms with E-state index in [0.29, 0.717) is 0 Å². The monoisotopic (exact) mass is 214 g/mol. The number of aromatic amines is 1. The summed E-state index contributed by atoms with van der Waals surface area (Å²) in [6.45, 7) is 0. The van der Waals surface area contributed by atoms with Crippen LogP contribution in [0.1, 0.15) is 17.7 Å². The molecule has 0 fully saturated rings. The molecule has 6 heteroatoms. The lowest BCUT2D eigenvalue weighted by atomic mass is 10.1. The second-order valence-corrected chi connectivity index (χ2v) is 2.74. The van der Waals surface area contributed by atoms with Gasteiger partial charge in [-0.15, -0.1) is 0 Å². The fourth-order valence-corrected chi connectivity index (χ4v) is 1.14. The lowest BCUT2D eigenvalue weighted by Crippen LogP contribution is -2.14. The van der Waals surface area contributed by atoms with Gasteiger partial charge in [0.2, 0.25) is 0 Å². The zero-order valence-electron chi connectivity index (χ0n) is 7.88. The molecule has 0 aromatic carbocycles. The fourth-order valence-electron chi connectivity index (χ4n) is 1.14. The van der Waals surface area contributed by atoms with Crippen molar-refractivity contribution in [3.05, 3.63) is 27.7 Å². The van der Waals surface area contributed by atoms with Crippen molar-refractivity contribution in [2.45, 2.75) is 12.8 Å². The Bertz CT molecular complexity index is 448. The van der Waals surface area contributed by atoms with E-state index in [0.717, 1.165) is 6.07 Å². The number of pyridine rings is 1. The van der Waals surface area contributed by atoms with E-state index in [2.05, 4.69) is 4.74 Å². The molecule has 0 radical (unpaired) electrons. The predicted molar refractivity (Wildman–Crippen MR) is 47.9 cm³/mol. The lowest BCUT2D eigenvalue weighted by molar-refractivity contribution is 0.144. The van der Waals surface area contributed by atoms with E-state index in [-0.39, 0.29) is 17.7 Å². The number of rotatable bonds is 3. The molecule has 4 nitrogen and oxygen atoms in total. The summed E-state index contributed by atoms with van der Waals surface area (Å²) in [5.74, 6) is -0.0790. The molecule has 1 heterocycles. The maximum Gasteiger partial charge on any atom is 0.290 e. The zero-order chi connectivity index (χ0) is 11.4. The molecular weight excluding hydrogens is 206 g/mol. The Morgan fingerprint density at radius 1 is 1.67 bits per heavy atom. The van der Waals surface area contributed by atoms with E-state index in [4.69, 9.17) is 5.26 Å². The summed E-state index contributed by atoms with van der Waals surface area (Å²) in [6.07, 6.45) is -3.01. The second-order valence-electron chi connectivity index (χ2n) is 2.74. The van der Waals surface area contributed by atoms with Crippen LogP contribution in [0, 0.1) is 11.3 Å². The molecule has 1 rings (SSSR count). The molecule has 0 unspecified atom stereocenters. The number of methoxy groups -OCH3 is 1. The van der Waals surface area contributed by atoms with Crippen LogP contribution in [-0.4, -0.2) is 12.1 Å². The summed E-state index contributed by atoms with van der Waals surface area (Å²) in [5, 5.41) is 8.43. The molecule has 0 amide bonds. The Kier molecular flexibility index (Phi) is 3.39. The highest BCUT2D eigenvalue weighted by Crippen LogP contribution is 2.21. The van der Waals surface area contributed by atoms with Crippen LogP contribution in [0.4, 0.5) is 8.78 Å². The third-order valence-electron chi connectivity index (χ3n) is 1.83. The average Bonchev–Trinajstić information content (AvgIpc) is 2.20. The van der Waals surface area contributed by atoms with Crippen LogP contribution in [0.3, 0.4) is 0 Å². The van der Waals surface area contributed by atoms with Crippen LogP contribution in [0.2, 0.25) is 0 Å². The molecule has 0 saturated heterocycles. The minimum Gasteiger partial charge on any atom is -0.491 e. The standard InChI is InChI=1S/C9H8F2N2O2/c1-15-6-4-5(2-3-12)7(8(10)11)13-9(6)14/h4,8H,2H2,1H3,(H,13,14). The van der Waals surface area contributed by atoms with Crippen LogP contribution in [0.5, 0.6) is 5.75 Å². The molecule has 0 aliphatic rings. The molecular formula is C9H8F2N2O2. The molecule has 0 spiro atoms. The normalized spacial score (nSPS) is 10.1. The average molecular weight is 214 g/mol. The second kappa shape index (κ2) is 4.55. The largest absolute Gasteiger partial charge is 0.491 e. The van der Waals surface area contributed by atoms with Gasteiger partial charge in [-0.2, -0.15) is 5.26 Å². The third kappa shape index (κ3) is 2.31. The highest BCUT2D eigenvalue weighted by Gasteiger charge is 2.16. The van der Waals surface area contributed by atoms with Gasteiger partial charge in [-0.25, -0.2) is 8.78 Å². The molecule has 0 aliphatic heterocycles. The Labute approximate surface area is 84.1 Å². The summed E-state index contributed by atoms with van der Waals surface area (Å²) in [7, 11) is 1.25. The van der Waals surface area contributed by atoms with Gasteiger partial charge in [-0.3, -0.25) is 4.79 Å². The number of hydrogen-bond acceptors (Lipinski definition) is 3. The van der Waals surface area contributed by atoms with Crippen molar-refractivity contribution in [1.29, 1.82) is 5.26 Å².